The maximum Gasteiger partial charge on any atom is 0.216 e. The molecule has 0 aliphatic heterocycles. The Morgan fingerprint density at radius 2 is 2.25 bits per heavy atom. The van der Waals surface area contributed by atoms with Crippen LogP contribution >= 0.6 is 0 Å². The second kappa shape index (κ2) is 5.61. The summed E-state index contributed by atoms with van der Waals surface area (Å²) in [6, 6.07) is 6.16. The number of ether oxygens (including phenoxy) is 1. The summed E-state index contributed by atoms with van der Waals surface area (Å²) in [4.78, 5) is 0. The fourth-order valence-electron chi connectivity index (χ4n) is 2.05. The molecule has 6 heteroatoms. The quantitative estimate of drug-likeness (QED) is 0.929. The van der Waals surface area contributed by atoms with E-state index in [4.69, 9.17) is 10.00 Å². The number of aryl methyl sites for hydroxylation is 2. The van der Waals surface area contributed by atoms with Crippen molar-refractivity contribution in [2.45, 2.75) is 13.5 Å². The fraction of sp³-hybridized carbons (Fsp3) is 0.286. The van der Waals surface area contributed by atoms with Crippen LogP contribution in [-0.4, -0.2) is 16.9 Å². The molecule has 0 bridgehead atoms. The SMILES string of the molecule is COc1c(CNc2ccc(F)c(C#N)c2)c(C)nn1C. The number of hydrogen-bond acceptors (Lipinski definition) is 4. The lowest BCUT2D eigenvalue weighted by Crippen LogP contribution is -2.03. The van der Waals surface area contributed by atoms with Gasteiger partial charge in [-0.2, -0.15) is 10.4 Å². The first-order valence-electron chi connectivity index (χ1n) is 6.06. The molecule has 2 rings (SSSR count). The number of halogens is 1. The molecule has 1 heterocycles. The van der Waals surface area contributed by atoms with Crippen molar-refractivity contribution in [1.29, 1.82) is 5.26 Å². The van der Waals surface area contributed by atoms with Crippen molar-refractivity contribution in [3.63, 3.8) is 0 Å². The Hall–Kier alpha value is -2.55. The highest BCUT2D eigenvalue weighted by Crippen LogP contribution is 2.22. The molecule has 0 atom stereocenters. The van der Waals surface area contributed by atoms with Gasteiger partial charge in [-0.05, 0) is 25.1 Å². The smallest absolute Gasteiger partial charge is 0.216 e. The van der Waals surface area contributed by atoms with Gasteiger partial charge in [-0.1, -0.05) is 0 Å². The lowest BCUT2D eigenvalue weighted by Gasteiger charge is -2.08. The number of anilines is 1. The van der Waals surface area contributed by atoms with E-state index in [1.807, 2.05) is 13.0 Å². The van der Waals surface area contributed by atoms with Crippen molar-refractivity contribution in [3.05, 3.63) is 40.8 Å². The van der Waals surface area contributed by atoms with Gasteiger partial charge in [-0.15, -0.1) is 0 Å². The molecule has 0 saturated heterocycles. The van der Waals surface area contributed by atoms with Gasteiger partial charge in [0, 0.05) is 19.3 Å². The van der Waals surface area contributed by atoms with Gasteiger partial charge in [0.2, 0.25) is 5.88 Å². The minimum absolute atomic E-state index is 0.0184. The van der Waals surface area contributed by atoms with Crippen LogP contribution in [0.4, 0.5) is 10.1 Å². The second-order valence-corrected chi connectivity index (χ2v) is 4.36. The molecular formula is C14H15FN4O. The standard InChI is InChI=1S/C14H15FN4O/c1-9-12(14(20-3)19(2)18-9)8-17-11-4-5-13(15)10(6-11)7-16/h4-6,17H,8H2,1-3H3. The zero-order chi connectivity index (χ0) is 14.7. The molecule has 1 aromatic carbocycles. The Morgan fingerprint density at radius 1 is 1.50 bits per heavy atom. The van der Waals surface area contributed by atoms with Crippen LogP contribution in [0.25, 0.3) is 0 Å². The molecule has 20 heavy (non-hydrogen) atoms. The number of methoxy groups -OCH3 is 1. The van der Waals surface area contributed by atoms with Crippen LogP contribution in [-0.2, 0) is 13.6 Å². The molecule has 5 nitrogen and oxygen atoms in total. The molecular weight excluding hydrogens is 259 g/mol. The van der Waals surface area contributed by atoms with E-state index in [0.29, 0.717) is 18.1 Å². The minimum Gasteiger partial charge on any atom is -0.481 e. The predicted molar refractivity (Wildman–Crippen MR) is 72.9 cm³/mol. The monoisotopic (exact) mass is 274 g/mol. The first kappa shape index (κ1) is 13.9. The van der Waals surface area contributed by atoms with Crippen LogP contribution in [0.5, 0.6) is 5.88 Å². The molecule has 0 saturated carbocycles. The molecule has 0 radical (unpaired) electrons. The molecule has 0 fully saturated rings. The topological polar surface area (TPSA) is 62.9 Å². The number of nitriles is 1. The molecule has 0 amide bonds. The van der Waals surface area contributed by atoms with Crippen LogP contribution in [0, 0.1) is 24.1 Å². The number of rotatable bonds is 4. The average Bonchev–Trinajstić information content (AvgIpc) is 2.71. The number of benzene rings is 1. The number of nitrogens with zero attached hydrogens (tertiary/aromatic N) is 3. The van der Waals surface area contributed by atoms with Crippen molar-refractivity contribution < 1.29 is 9.13 Å². The summed E-state index contributed by atoms with van der Waals surface area (Å²) in [5.41, 5.74) is 2.48. The van der Waals surface area contributed by atoms with Gasteiger partial charge in [-0.3, -0.25) is 0 Å². The van der Waals surface area contributed by atoms with Gasteiger partial charge >= 0.3 is 0 Å². The Labute approximate surface area is 116 Å². The van der Waals surface area contributed by atoms with Crippen molar-refractivity contribution in [1.82, 2.24) is 9.78 Å². The fourth-order valence-corrected chi connectivity index (χ4v) is 2.05. The van der Waals surface area contributed by atoms with Gasteiger partial charge in [0.25, 0.3) is 0 Å². The number of nitrogens with one attached hydrogen (secondary N) is 1. The highest BCUT2D eigenvalue weighted by molar-refractivity contribution is 5.50. The molecule has 1 aromatic heterocycles. The summed E-state index contributed by atoms with van der Waals surface area (Å²) in [5.74, 6) is 0.158. The number of aromatic nitrogens is 2. The van der Waals surface area contributed by atoms with Crippen LogP contribution in [0.2, 0.25) is 0 Å². The summed E-state index contributed by atoms with van der Waals surface area (Å²) in [6.07, 6.45) is 0. The molecule has 104 valence electrons. The summed E-state index contributed by atoms with van der Waals surface area (Å²) in [5, 5.41) is 16.2. The van der Waals surface area contributed by atoms with Gasteiger partial charge in [-0.25, -0.2) is 9.07 Å². The van der Waals surface area contributed by atoms with Crippen LogP contribution in [0.15, 0.2) is 18.2 Å². The summed E-state index contributed by atoms with van der Waals surface area (Å²) in [7, 11) is 3.40. The first-order valence-corrected chi connectivity index (χ1v) is 6.06. The Kier molecular flexibility index (Phi) is 3.89. The molecule has 0 spiro atoms. The van der Waals surface area contributed by atoms with Gasteiger partial charge < -0.3 is 10.1 Å². The molecule has 0 aliphatic carbocycles. The normalized spacial score (nSPS) is 10.2. The van der Waals surface area contributed by atoms with Crippen molar-refractivity contribution >= 4 is 5.69 Å². The average molecular weight is 274 g/mol. The van der Waals surface area contributed by atoms with Crippen molar-refractivity contribution in [2.75, 3.05) is 12.4 Å². The van der Waals surface area contributed by atoms with E-state index in [1.165, 1.54) is 12.1 Å². The molecule has 0 aliphatic rings. The maximum atomic E-state index is 13.2. The van der Waals surface area contributed by atoms with Crippen LogP contribution < -0.4 is 10.1 Å². The van der Waals surface area contributed by atoms with E-state index in [1.54, 1.807) is 24.9 Å². The summed E-state index contributed by atoms with van der Waals surface area (Å²) < 4.78 is 20.2. The van der Waals surface area contributed by atoms with E-state index in [2.05, 4.69) is 10.4 Å². The highest BCUT2D eigenvalue weighted by Gasteiger charge is 2.13. The Bertz CT molecular complexity index is 673. The van der Waals surface area contributed by atoms with E-state index in [-0.39, 0.29) is 5.56 Å². The van der Waals surface area contributed by atoms with Crippen molar-refractivity contribution in [3.8, 4) is 11.9 Å². The summed E-state index contributed by atoms with van der Waals surface area (Å²) in [6.45, 7) is 2.38. The zero-order valence-electron chi connectivity index (χ0n) is 11.6. The lowest BCUT2D eigenvalue weighted by atomic mass is 10.2. The van der Waals surface area contributed by atoms with Crippen LogP contribution in [0.3, 0.4) is 0 Å². The van der Waals surface area contributed by atoms with Crippen LogP contribution in [0.1, 0.15) is 16.8 Å². The predicted octanol–water partition coefficient (Wildman–Crippen LogP) is 2.36. The van der Waals surface area contributed by atoms with Gasteiger partial charge in [0.1, 0.15) is 11.9 Å². The van der Waals surface area contributed by atoms with E-state index < -0.39 is 5.82 Å². The minimum atomic E-state index is -0.520. The van der Waals surface area contributed by atoms with Gasteiger partial charge in [0.15, 0.2) is 0 Å². The number of hydrogen-bond donors (Lipinski definition) is 1. The zero-order valence-corrected chi connectivity index (χ0v) is 11.6. The first-order chi connectivity index (χ1) is 9.56. The van der Waals surface area contributed by atoms with Crippen molar-refractivity contribution in [2.24, 2.45) is 7.05 Å². The van der Waals surface area contributed by atoms with E-state index in [0.717, 1.165) is 11.3 Å². The molecule has 1 N–H and O–H groups in total. The molecule has 2 aromatic rings. The Balaban J connectivity index is 2.19. The highest BCUT2D eigenvalue weighted by atomic mass is 19.1. The van der Waals surface area contributed by atoms with E-state index in [9.17, 15) is 4.39 Å². The maximum absolute atomic E-state index is 13.2. The second-order valence-electron chi connectivity index (χ2n) is 4.36. The third-order valence-electron chi connectivity index (χ3n) is 3.04. The Morgan fingerprint density at radius 3 is 2.90 bits per heavy atom. The molecule has 0 unspecified atom stereocenters. The largest absolute Gasteiger partial charge is 0.481 e. The third kappa shape index (κ3) is 2.57. The third-order valence-corrected chi connectivity index (χ3v) is 3.04. The van der Waals surface area contributed by atoms with Gasteiger partial charge in [0.05, 0.1) is 23.9 Å². The summed E-state index contributed by atoms with van der Waals surface area (Å²) >= 11 is 0. The lowest BCUT2D eigenvalue weighted by molar-refractivity contribution is 0.370. The van der Waals surface area contributed by atoms with E-state index >= 15 is 0 Å².